The Kier molecular flexibility index (Phi) is 5.39. The van der Waals surface area contributed by atoms with Crippen LogP contribution in [-0.4, -0.2) is 18.9 Å². The molecule has 0 heterocycles. The Hall–Kier alpha value is -2.24. The van der Waals surface area contributed by atoms with E-state index >= 15 is 0 Å². The molecule has 2 N–H and O–H groups in total. The van der Waals surface area contributed by atoms with E-state index in [1.807, 2.05) is 6.92 Å². The van der Waals surface area contributed by atoms with E-state index in [1.165, 1.54) is 7.11 Å². The predicted octanol–water partition coefficient (Wildman–Crippen LogP) is 4.52. The molecule has 0 aliphatic heterocycles. The molecule has 0 saturated heterocycles. The molecule has 26 heavy (non-hydrogen) atoms. The molecule has 1 fully saturated rings. The first kappa shape index (κ1) is 18.5. The van der Waals surface area contributed by atoms with E-state index < -0.39 is 0 Å². The van der Waals surface area contributed by atoms with Crippen LogP contribution in [0.3, 0.4) is 0 Å². The van der Waals surface area contributed by atoms with Crippen LogP contribution in [0.2, 0.25) is 10.0 Å². The van der Waals surface area contributed by atoms with Crippen molar-refractivity contribution in [1.29, 1.82) is 0 Å². The molecule has 2 unspecified atom stereocenters. The Labute approximate surface area is 161 Å². The molecule has 2 aromatic rings. The summed E-state index contributed by atoms with van der Waals surface area (Å²) in [5.74, 6) is -0.602. The summed E-state index contributed by atoms with van der Waals surface area (Å²) < 4.78 is 5.21. The van der Waals surface area contributed by atoms with Crippen LogP contribution in [0.15, 0.2) is 36.4 Å². The van der Waals surface area contributed by atoms with Crippen molar-refractivity contribution in [1.82, 2.24) is 0 Å². The van der Waals surface area contributed by atoms with Gasteiger partial charge in [0.05, 0.1) is 24.6 Å². The van der Waals surface area contributed by atoms with Crippen molar-refractivity contribution in [2.75, 3.05) is 17.7 Å². The Balaban J connectivity index is 1.62. The maximum Gasteiger partial charge on any atom is 0.228 e. The van der Waals surface area contributed by atoms with Gasteiger partial charge >= 0.3 is 0 Å². The molecule has 1 aliphatic carbocycles. The maximum atomic E-state index is 12.4. The summed E-state index contributed by atoms with van der Waals surface area (Å²) in [5.41, 5.74) is 2.06. The summed E-state index contributed by atoms with van der Waals surface area (Å²) >= 11 is 11.9. The van der Waals surface area contributed by atoms with Crippen LogP contribution in [-0.2, 0) is 9.59 Å². The van der Waals surface area contributed by atoms with Gasteiger partial charge in [-0.05, 0) is 55.3 Å². The minimum absolute atomic E-state index is 0.173. The third-order valence-electron chi connectivity index (χ3n) is 4.33. The fraction of sp³-hybridized carbons (Fsp3) is 0.263. The van der Waals surface area contributed by atoms with Crippen molar-refractivity contribution in [2.24, 2.45) is 11.8 Å². The zero-order valence-corrected chi connectivity index (χ0v) is 15.8. The molecule has 136 valence electrons. The molecule has 7 heteroatoms. The van der Waals surface area contributed by atoms with Gasteiger partial charge < -0.3 is 15.4 Å². The summed E-state index contributed by atoms with van der Waals surface area (Å²) in [5, 5.41) is 6.74. The zero-order chi connectivity index (χ0) is 18.8. The molecule has 1 aliphatic rings. The second kappa shape index (κ2) is 7.56. The quantitative estimate of drug-likeness (QED) is 0.785. The van der Waals surface area contributed by atoms with Crippen LogP contribution in [0.1, 0.15) is 12.0 Å². The summed E-state index contributed by atoms with van der Waals surface area (Å²) in [7, 11) is 1.51. The van der Waals surface area contributed by atoms with Crippen molar-refractivity contribution < 1.29 is 14.3 Å². The van der Waals surface area contributed by atoms with E-state index in [4.69, 9.17) is 27.9 Å². The third kappa shape index (κ3) is 4.11. The van der Waals surface area contributed by atoms with Crippen molar-refractivity contribution in [3.8, 4) is 5.75 Å². The number of nitrogens with one attached hydrogen (secondary N) is 2. The van der Waals surface area contributed by atoms with Crippen molar-refractivity contribution >= 4 is 46.4 Å². The van der Waals surface area contributed by atoms with Gasteiger partial charge in [0.25, 0.3) is 0 Å². The number of benzene rings is 2. The number of amides is 2. The lowest BCUT2D eigenvalue weighted by molar-refractivity contribution is -0.122. The second-order valence-electron chi connectivity index (χ2n) is 6.23. The minimum Gasteiger partial charge on any atom is -0.495 e. The number of halogens is 2. The molecular weight excluding hydrogens is 375 g/mol. The van der Waals surface area contributed by atoms with E-state index in [-0.39, 0.29) is 23.7 Å². The fourth-order valence-electron chi connectivity index (χ4n) is 2.77. The highest BCUT2D eigenvalue weighted by Gasteiger charge is 2.48. The maximum absolute atomic E-state index is 12.4. The first-order chi connectivity index (χ1) is 12.4. The number of aryl methyl sites for hydroxylation is 1. The second-order valence-corrected chi connectivity index (χ2v) is 7.10. The number of carbonyl (C=O) groups excluding carboxylic acids is 2. The van der Waals surface area contributed by atoms with Crippen LogP contribution in [0.4, 0.5) is 11.4 Å². The van der Waals surface area contributed by atoms with E-state index in [0.717, 1.165) is 5.56 Å². The van der Waals surface area contributed by atoms with Crippen LogP contribution in [0, 0.1) is 18.8 Å². The highest BCUT2D eigenvalue weighted by molar-refractivity contribution is 6.31. The van der Waals surface area contributed by atoms with Crippen LogP contribution in [0.5, 0.6) is 5.75 Å². The van der Waals surface area contributed by atoms with E-state index in [1.54, 1.807) is 36.4 Å². The molecule has 2 amide bonds. The average molecular weight is 393 g/mol. The normalized spacial score (nSPS) is 18.2. The fourth-order valence-corrected chi connectivity index (χ4v) is 3.17. The molecule has 0 aromatic heterocycles. The monoisotopic (exact) mass is 392 g/mol. The lowest BCUT2D eigenvalue weighted by Crippen LogP contribution is -2.21. The number of ether oxygens (including phenoxy) is 1. The van der Waals surface area contributed by atoms with Crippen molar-refractivity contribution in [3.05, 3.63) is 52.0 Å². The standard InChI is InChI=1S/C19H18Cl2N2O3/c1-10-7-11(20)3-5-15(10)22-18(24)13-9-14(13)19(25)23-16-8-12(21)4-6-17(16)26-2/h3-8,13-14H,9H2,1-2H3,(H,22,24)(H,23,25). The Bertz CT molecular complexity index is 870. The zero-order valence-electron chi connectivity index (χ0n) is 14.3. The summed E-state index contributed by atoms with van der Waals surface area (Å²) in [6, 6.07) is 10.2. The Morgan fingerprint density at radius 3 is 2.15 bits per heavy atom. The molecule has 2 aromatic carbocycles. The number of methoxy groups -OCH3 is 1. The summed E-state index contributed by atoms with van der Waals surface area (Å²) in [6.45, 7) is 1.87. The molecule has 2 atom stereocenters. The van der Waals surface area contributed by atoms with Gasteiger partial charge in [-0.2, -0.15) is 0 Å². The lowest BCUT2D eigenvalue weighted by Gasteiger charge is -2.11. The number of anilines is 2. The highest BCUT2D eigenvalue weighted by Crippen LogP contribution is 2.41. The molecular formula is C19H18Cl2N2O3. The first-order valence-electron chi connectivity index (χ1n) is 8.10. The van der Waals surface area contributed by atoms with Crippen LogP contribution < -0.4 is 15.4 Å². The molecule has 3 rings (SSSR count). The van der Waals surface area contributed by atoms with Gasteiger partial charge in [0.1, 0.15) is 5.75 Å². The summed E-state index contributed by atoms with van der Waals surface area (Å²) in [6.07, 6.45) is 0.507. The van der Waals surface area contributed by atoms with Gasteiger partial charge in [-0.1, -0.05) is 23.2 Å². The van der Waals surface area contributed by atoms with Gasteiger partial charge in [-0.25, -0.2) is 0 Å². The van der Waals surface area contributed by atoms with Gasteiger partial charge in [-0.15, -0.1) is 0 Å². The highest BCUT2D eigenvalue weighted by atomic mass is 35.5. The summed E-state index contributed by atoms with van der Waals surface area (Å²) in [4.78, 5) is 24.8. The Morgan fingerprint density at radius 1 is 0.962 bits per heavy atom. The number of rotatable bonds is 5. The molecule has 0 bridgehead atoms. The number of hydrogen-bond donors (Lipinski definition) is 2. The van der Waals surface area contributed by atoms with Gasteiger partial charge in [0.2, 0.25) is 11.8 Å². The van der Waals surface area contributed by atoms with Crippen LogP contribution >= 0.6 is 23.2 Å². The molecule has 5 nitrogen and oxygen atoms in total. The van der Waals surface area contributed by atoms with Gasteiger partial charge in [0, 0.05) is 15.7 Å². The van der Waals surface area contributed by atoms with E-state index in [9.17, 15) is 9.59 Å². The molecule has 0 radical (unpaired) electrons. The van der Waals surface area contributed by atoms with Crippen LogP contribution in [0.25, 0.3) is 0 Å². The third-order valence-corrected chi connectivity index (χ3v) is 4.80. The van der Waals surface area contributed by atoms with Gasteiger partial charge in [-0.3, -0.25) is 9.59 Å². The van der Waals surface area contributed by atoms with Gasteiger partial charge in [0.15, 0.2) is 0 Å². The first-order valence-corrected chi connectivity index (χ1v) is 8.86. The van der Waals surface area contributed by atoms with Crippen molar-refractivity contribution in [3.63, 3.8) is 0 Å². The minimum atomic E-state index is -0.369. The van der Waals surface area contributed by atoms with Crippen molar-refractivity contribution in [2.45, 2.75) is 13.3 Å². The Morgan fingerprint density at radius 2 is 1.54 bits per heavy atom. The largest absolute Gasteiger partial charge is 0.495 e. The SMILES string of the molecule is COc1ccc(Cl)cc1NC(=O)C1CC1C(=O)Nc1ccc(Cl)cc1C. The number of carbonyl (C=O) groups is 2. The lowest BCUT2D eigenvalue weighted by atomic mass is 10.2. The smallest absolute Gasteiger partial charge is 0.228 e. The van der Waals surface area contributed by atoms with E-state index in [0.29, 0.717) is 33.6 Å². The molecule has 0 spiro atoms. The van der Waals surface area contributed by atoms with E-state index in [2.05, 4.69) is 10.6 Å². The number of hydrogen-bond acceptors (Lipinski definition) is 3. The molecule has 1 saturated carbocycles. The topological polar surface area (TPSA) is 67.4 Å². The predicted molar refractivity (Wildman–Crippen MR) is 103 cm³/mol. The average Bonchev–Trinajstić information content (AvgIpc) is 3.38.